The summed E-state index contributed by atoms with van der Waals surface area (Å²) in [5.74, 6) is -2.00. The van der Waals surface area contributed by atoms with Crippen LogP contribution in [-0.4, -0.2) is 95.0 Å². The van der Waals surface area contributed by atoms with Crippen LogP contribution >= 0.6 is 0 Å². The average Bonchev–Trinajstić information content (AvgIpc) is 3.02. The summed E-state index contributed by atoms with van der Waals surface area (Å²) >= 11 is 0. The number of anilines is 1. The van der Waals surface area contributed by atoms with Crippen LogP contribution in [0.4, 0.5) is 14.6 Å². The number of alkyl halides is 2. The van der Waals surface area contributed by atoms with Crippen LogP contribution in [0.25, 0.3) is 10.9 Å². The predicted octanol–water partition coefficient (Wildman–Crippen LogP) is 5.32. The molecular formula is C33H46F2N8O2. The second-order valence-corrected chi connectivity index (χ2v) is 11.2. The number of ether oxygens (including phenoxy) is 1. The summed E-state index contributed by atoms with van der Waals surface area (Å²) in [6.45, 7) is 12.6. The van der Waals surface area contributed by atoms with Gasteiger partial charge in [0.1, 0.15) is 5.82 Å². The van der Waals surface area contributed by atoms with Gasteiger partial charge in [-0.05, 0) is 45.0 Å². The van der Waals surface area contributed by atoms with E-state index in [0.717, 1.165) is 48.5 Å². The zero-order chi connectivity index (χ0) is 31.7. The SMILES string of the molecule is C.CC#N.CCOc1ncc(C(CNC(=O)c2cccc3nc(N4CCN(C(C)C)CC4)ccc23)N2CCC(F)(F)CC2)cn1. The van der Waals surface area contributed by atoms with Gasteiger partial charge in [0, 0.05) is 101 Å². The summed E-state index contributed by atoms with van der Waals surface area (Å²) in [5, 5.41) is 11.1. The lowest BCUT2D eigenvalue weighted by molar-refractivity contribution is -0.0632. The summed E-state index contributed by atoms with van der Waals surface area (Å²) in [7, 11) is 0. The first-order valence-electron chi connectivity index (χ1n) is 15.2. The standard InChI is InChI=1S/C30H39F2N7O2.C2H3N.CH4/c1-4-41-29-34-18-22(19-35-29)26(38-12-10-30(31,32)11-13-38)20-33-28(40)24-6-5-7-25-23(24)8-9-27(36-25)39-16-14-37(15-17-39)21(2)3;1-2-3;/h5-9,18-19,21,26H,4,10-17,20H2,1-3H3,(H,33,40);1H3;1H4. The number of carbonyl (C=O) groups is 1. The molecule has 2 fully saturated rings. The number of hydrogen-bond donors (Lipinski definition) is 1. The van der Waals surface area contributed by atoms with E-state index >= 15 is 0 Å². The van der Waals surface area contributed by atoms with E-state index in [2.05, 4.69) is 38.9 Å². The van der Waals surface area contributed by atoms with Gasteiger partial charge in [0.2, 0.25) is 0 Å². The van der Waals surface area contributed by atoms with Crippen LogP contribution in [0.5, 0.6) is 6.01 Å². The molecule has 2 saturated heterocycles. The average molecular weight is 625 g/mol. The number of nitrogens with one attached hydrogen (secondary N) is 1. The third-order valence-electron chi connectivity index (χ3n) is 8.06. The summed E-state index contributed by atoms with van der Waals surface area (Å²) in [6.07, 6.45) is 2.84. The zero-order valence-corrected chi connectivity index (χ0v) is 26.0. The molecule has 4 heterocycles. The van der Waals surface area contributed by atoms with Crippen LogP contribution in [0, 0.1) is 11.3 Å². The molecule has 0 aliphatic carbocycles. The molecule has 10 nitrogen and oxygen atoms in total. The smallest absolute Gasteiger partial charge is 0.316 e. The Morgan fingerprint density at radius 2 is 1.69 bits per heavy atom. The number of pyridine rings is 1. The Labute approximate surface area is 265 Å². The van der Waals surface area contributed by atoms with Crippen LogP contribution in [0.3, 0.4) is 0 Å². The third-order valence-corrected chi connectivity index (χ3v) is 8.06. The van der Waals surface area contributed by atoms with Gasteiger partial charge in [-0.1, -0.05) is 13.5 Å². The maximum atomic E-state index is 13.9. The van der Waals surface area contributed by atoms with Gasteiger partial charge >= 0.3 is 6.01 Å². The van der Waals surface area contributed by atoms with Crippen molar-refractivity contribution in [2.24, 2.45) is 0 Å². The second kappa shape index (κ2) is 16.4. The first-order valence-corrected chi connectivity index (χ1v) is 15.2. The summed E-state index contributed by atoms with van der Waals surface area (Å²) in [5.41, 5.74) is 2.02. The van der Waals surface area contributed by atoms with Crippen molar-refractivity contribution in [3.63, 3.8) is 0 Å². The van der Waals surface area contributed by atoms with E-state index in [1.165, 1.54) is 6.92 Å². The molecule has 0 saturated carbocycles. The van der Waals surface area contributed by atoms with E-state index in [1.54, 1.807) is 24.5 Å². The summed E-state index contributed by atoms with van der Waals surface area (Å²) in [6, 6.07) is 11.7. The van der Waals surface area contributed by atoms with Gasteiger partial charge in [0.25, 0.3) is 11.8 Å². The molecule has 1 atom stereocenters. The number of aromatic nitrogens is 3. The van der Waals surface area contributed by atoms with Crippen LogP contribution in [0.2, 0.25) is 0 Å². The number of halogens is 2. The van der Waals surface area contributed by atoms with Gasteiger partial charge in [-0.3, -0.25) is 14.6 Å². The van der Waals surface area contributed by atoms with Crippen molar-refractivity contribution in [2.75, 3.05) is 57.3 Å². The number of rotatable bonds is 9. The van der Waals surface area contributed by atoms with E-state index in [1.807, 2.05) is 36.1 Å². The number of piperazine rings is 1. The van der Waals surface area contributed by atoms with Crippen molar-refractivity contribution >= 4 is 22.6 Å². The molecule has 0 bridgehead atoms. The zero-order valence-electron chi connectivity index (χ0n) is 26.0. The van der Waals surface area contributed by atoms with Crippen molar-refractivity contribution in [3.8, 4) is 12.1 Å². The van der Waals surface area contributed by atoms with E-state index in [4.69, 9.17) is 15.0 Å². The Balaban J connectivity index is 0.00000133. The third kappa shape index (κ3) is 9.28. The lowest BCUT2D eigenvalue weighted by Crippen LogP contribution is -2.49. The van der Waals surface area contributed by atoms with Crippen LogP contribution in [0.1, 0.15) is 69.9 Å². The molecule has 0 spiro atoms. The highest BCUT2D eigenvalue weighted by Gasteiger charge is 2.37. The Morgan fingerprint density at radius 3 is 2.29 bits per heavy atom. The van der Waals surface area contributed by atoms with Gasteiger partial charge in [0.15, 0.2) is 0 Å². The minimum Gasteiger partial charge on any atom is -0.464 e. The van der Waals surface area contributed by atoms with Crippen molar-refractivity contribution in [1.82, 2.24) is 30.1 Å². The van der Waals surface area contributed by atoms with Gasteiger partial charge in [0.05, 0.1) is 24.2 Å². The molecule has 12 heteroatoms. The van der Waals surface area contributed by atoms with E-state index in [0.29, 0.717) is 18.2 Å². The van der Waals surface area contributed by atoms with Crippen LogP contribution in [-0.2, 0) is 0 Å². The highest BCUT2D eigenvalue weighted by atomic mass is 19.3. The first-order chi connectivity index (χ1) is 21.2. The maximum Gasteiger partial charge on any atom is 0.316 e. The summed E-state index contributed by atoms with van der Waals surface area (Å²) < 4.78 is 33.2. The highest BCUT2D eigenvalue weighted by Crippen LogP contribution is 2.32. The number of amides is 1. The van der Waals surface area contributed by atoms with Gasteiger partial charge < -0.3 is 15.0 Å². The molecule has 1 amide bonds. The number of fused-ring (bicyclic) bond motifs is 1. The van der Waals surface area contributed by atoms with Crippen molar-refractivity contribution in [1.29, 1.82) is 5.26 Å². The number of benzene rings is 1. The molecule has 1 aromatic carbocycles. The normalized spacial score (nSPS) is 17.4. The van der Waals surface area contributed by atoms with Crippen molar-refractivity contribution in [3.05, 3.63) is 53.9 Å². The minimum atomic E-state index is -2.67. The number of hydrogen-bond acceptors (Lipinski definition) is 9. The highest BCUT2D eigenvalue weighted by molar-refractivity contribution is 6.06. The van der Waals surface area contributed by atoms with Crippen molar-refractivity contribution in [2.45, 2.75) is 66.0 Å². The molecule has 2 aliphatic rings. The molecule has 1 N–H and O–H groups in total. The monoisotopic (exact) mass is 624 g/mol. The number of piperidine rings is 1. The fourth-order valence-corrected chi connectivity index (χ4v) is 5.59. The number of nitriles is 1. The molecule has 1 unspecified atom stereocenters. The second-order valence-electron chi connectivity index (χ2n) is 11.2. The summed E-state index contributed by atoms with van der Waals surface area (Å²) in [4.78, 5) is 33.6. The first kappa shape index (κ1) is 35.5. The van der Waals surface area contributed by atoms with E-state index in [9.17, 15) is 13.6 Å². The molecule has 244 valence electrons. The van der Waals surface area contributed by atoms with Gasteiger partial charge in [-0.2, -0.15) is 5.26 Å². The minimum absolute atomic E-state index is 0. The lowest BCUT2D eigenvalue weighted by atomic mass is 10.0. The molecule has 3 aromatic rings. The fourth-order valence-electron chi connectivity index (χ4n) is 5.59. The van der Waals surface area contributed by atoms with E-state index < -0.39 is 5.92 Å². The molecule has 5 rings (SSSR count). The molecule has 2 aliphatic heterocycles. The number of nitrogens with zero attached hydrogens (tertiary/aromatic N) is 7. The number of carbonyl (C=O) groups excluding carboxylic acids is 1. The van der Waals surface area contributed by atoms with Gasteiger partial charge in [-0.15, -0.1) is 0 Å². The van der Waals surface area contributed by atoms with Crippen LogP contribution < -0.4 is 15.0 Å². The van der Waals surface area contributed by atoms with Crippen molar-refractivity contribution < 1.29 is 18.3 Å². The Bertz CT molecular complexity index is 1410. The quantitative estimate of drug-likeness (QED) is 0.338. The molecule has 2 aromatic heterocycles. The Hall–Kier alpha value is -3.95. The predicted molar refractivity (Wildman–Crippen MR) is 173 cm³/mol. The fraction of sp³-hybridized carbons (Fsp3) is 0.545. The van der Waals surface area contributed by atoms with Gasteiger partial charge in [-0.25, -0.2) is 23.7 Å². The maximum absolute atomic E-state index is 13.9. The van der Waals surface area contributed by atoms with E-state index in [-0.39, 0.29) is 57.9 Å². The molecule has 45 heavy (non-hydrogen) atoms. The Morgan fingerprint density at radius 1 is 1.04 bits per heavy atom. The number of likely N-dealkylation sites (tertiary alicyclic amines) is 1. The molecular weight excluding hydrogens is 578 g/mol. The molecule has 0 radical (unpaired) electrons. The lowest BCUT2D eigenvalue weighted by Gasteiger charge is -2.37. The van der Waals surface area contributed by atoms with Crippen LogP contribution in [0.15, 0.2) is 42.7 Å². The Kier molecular flexibility index (Phi) is 12.9. The largest absolute Gasteiger partial charge is 0.464 e. The topological polar surface area (TPSA) is 111 Å².